The second kappa shape index (κ2) is 5.01. The van der Waals surface area contributed by atoms with Crippen LogP contribution < -0.4 is 5.73 Å². The van der Waals surface area contributed by atoms with E-state index in [4.69, 9.17) is 5.73 Å². The Labute approximate surface area is 107 Å². The number of hydrogen-bond acceptors (Lipinski definition) is 1. The van der Waals surface area contributed by atoms with Crippen LogP contribution in [0.4, 0.5) is 17.6 Å². The Morgan fingerprint density at radius 3 is 2.21 bits per heavy atom. The molecule has 0 fully saturated rings. The predicted octanol–water partition coefficient (Wildman–Crippen LogP) is 3.97. The molecular weight excluding hydrogens is 258 g/mol. The maximum atomic E-state index is 13.9. The van der Waals surface area contributed by atoms with Crippen molar-refractivity contribution in [2.45, 2.75) is 12.7 Å². The molecule has 0 radical (unpaired) electrons. The van der Waals surface area contributed by atoms with E-state index in [-0.39, 0.29) is 17.7 Å². The third kappa shape index (κ3) is 2.76. The van der Waals surface area contributed by atoms with Crippen molar-refractivity contribution >= 4 is 0 Å². The van der Waals surface area contributed by atoms with Crippen molar-refractivity contribution in [2.75, 3.05) is 0 Å². The molecule has 100 valence electrons. The second-order valence-electron chi connectivity index (χ2n) is 4.06. The molecule has 2 N–H and O–H groups in total. The van der Waals surface area contributed by atoms with E-state index in [1.807, 2.05) is 0 Å². The largest absolute Gasteiger partial charge is 0.417 e. The van der Waals surface area contributed by atoms with E-state index in [1.165, 1.54) is 30.3 Å². The van der Waals surface area contributed by atoms with Gasteiger partial charge in [0.2, 0.25) is 0 Å². The highest BCUT2D eigenvalue weighted by Crippen LogP contribution is 2.37. The molecule has 0 aliphatic carbocycles. The lowest BCUT2D eigenvalue weighted by Gasteiger charge is -2.13. The van der Waals surface area contributed by atoms with Crippen LogP contribution in [0.2, 0.25) is 0 Å². The zero-order chi connectivity index (χ0) is 14.0. The molecule has 0 heterocycles. The van der Waals surface area contributed by atoms with E-state index >= 15 is 0 Å². The number of nitrogens with two attached hydrogens (primary N) is 1. The normalized spacial score (nSPS) is 11.6. The van der Waals surface area contributed by atoms with Crippen molar-refractivity contribution in [2.24, 2.45) is 5.73 Å². The first-order chi connectivity index (χ1) is 8.93. The van der Waals surface area contributed by atoms with Crippen LogP contribution in [0.5, 0.6) is 0 Å². The minimum Gasteiger partial charge on any atom is -0.326 e. The zero-order valence-corrected chi connectivity index (χ0v) is 9.84. The van der Waals surface area contributed by atoms with Gasteiger partial charge in [0.15, 0.2) is 0 Å². The van der Waals surface area contributed by atoms with Gasteiger partial charge in [0, 0.05) is 12.1 Å². The van der Waals surface area contributed by atoms with Crippen LogP contribution in [0.25, 0.3) is 11.1 Å². The fraction of sp³-hybridized carbons (Fsp3) is 0.143. The van der Waals surface area contributed by atoms with Crippen LogP contribution in [0.1, 0.15) is 11.1 Å². The van der Waals surface area contributed by atoms with Gasteiger partial charge in [-0.1, -0.05) is 30.3 Å². The molecule has 0 atom stereocenters. The Balaban J connectivity index is 2.60. The van der Waals surface area contributed by atoms with Gasteiger partial charge in [0.1, 0.15) is 5.82 Å². The zero-order valence-electron chi connectivity index (χ0n) is 9.84. The molecule has 2 rings (SSSR count). The first kappa shape index (κ1) is 13.5. The van der Waals surface area contributed by atoms with Crippen molar-refractivity contribution < 1.29 is 17.6 Å². The van der Waals surface area contributed by atoms with Gasteiger partial charge in [0.05, 0.1) is 5.56 Å². The lowest BCUT2D eigenvalue weighted by atomic mass is 9.98. The molecule has 1 nitrogen and oxygen atoms in total. The van der Waals surface area contributed by atoms with Crippen molar-refractivity contribution in [1.82, 2.24) is 0 Å². The van der Waals surface area contributed by atoms with Gasteiger partial charge < -0.3 is 5.73 Å². The van der Waals surface area contributed by atoms with E-state index in [0.717, 1.165) is 12.1 Å². The smallest absolute Gasteiger partial charge is 0.326 e. The fourth-order valence-electron chi connectivity index (χ4n) is 1.87. The van der Waals surface area contributed by atoms with E-state index in [2.05, 4.69) is 0 Å². The lowest BCUT2D eigenvalue weighted by molar-refractivity contribution is -0.137. The Morgan fingerprint density at radius 2 is 1.63 bits per heavy atom. The molecule has 0 aromatic heterocycles. The lowest BCUT2D eigenvalue weighted by Crippen LogP contribution is -2.07. The summed E-state index contributed by atoms with van der Waals surface area (Å²) in [5, 5.41) is 0. The highest BCUT2D eigenvalue weighted by atomic mass is 19.4. The Hall–Kier alpha value is -1.88. The standard InChI is InChI=1S/C14H11F4N/c15-13-7-9(8-19)5-6-11(13)10-3-1-2-4-12(10)14(16,17)18/h1-7H,8,19H2. The van der Waals surface area contributed by atoms with Gasteiger partial charge in [-0.2, -0.15) is 13.2 Å². The van der Waals surface area contributed by atoms with Gasteiger partial charge in [-0.15, -0.1) is 0 Å². The summed E-state index contributed by atoms with van der Waals surface area (Å²) in [5.41, 5.74) is 4.79. The third-order valence-corrected chi connectivity index (χ3v) is 2.79. The monoisotopic (exact) mass is 269 g/mol. The first-order valence-corrected chi connectivity index (χ1v) is 5.58. The van der Waals surface area contributed by atoms with Crippen LogP contribution in [0, 0.1) is 5.82 Å². The van der Waals surface area contributed by atoms with Gasteiger partial charge in [0.25, 0.3) is 0 Å². The minimum atomic E-state index is -4.52. The van der Waals surface area contributed by atoms with Crippen molar-refractivity contribution in [3.63, 3.8) is 0 Å². The molecular formula is C14H11F4N. The molecule has 5 heteroatoms. The van der Waals surface area contributed by atoms with Crippen LogP contribution >= 0.6 is 0 Å². The van der Waals surface area contributed by atoms with Crippen LogP contribution in [0.15, 0.2) is 42.5 Å². The van der Waals surface area contributed by atoms with E-state index < -0.39 is 17.6 Å². The average Bonchev–Trinajstić information content (AvgIpc) is 2.37. The molecule has 0 amide bonds. The van der Waals surface area contributed by atoms with Gasteiger partial charge in [-0.3, -0.25) is 0 Å². The summed E-state index contributed by atoms with van der Waals surface area (Å²) in [7, 11) is 0. The number of rotatable bonds is 2. The maximum Gasteiger partial charge on any atom is 0.417 e. The summed E-state index contributed by atoms with van der Waals surface area (Å²) in [4.78, 5) is 0. The predicted molar refractivity (Wildman–Crippen MR) is 64.7 cm³/mol. The number of hydrogen-bond donors (Lipinski definition) is 1. The third-order valence-electron chi connectivity index (χ3n) is 2.79. The van der Waals surface area contributed by atoms with Gasteiger partial charge >= 0.3 is 6.18 Å². The Morgan fingerprint density at radius 1 is 0.947 bits per heavy atom. The van der Waals surface area contributed by atoms with Gasteiger partial charge in [-0.25, -0.2) is 4.39 Å². The molecule has 2 aromatic carbocycles. The summed E-state index contributed by atoms with van der Waals surface area (Å²) in [6, 6.07) is 8.91. The number of halogens is 4. The molecule has 0 saturated carbocycles. The summed E-state index contributed by atoms with van der Waals surface area (Å²) >= 11 is 0. The van der Waals surface area contributed by atoms with Crippen molar-refractivity contribution in [1.29, 1.82) is 0 Å². The summed E-state index contributed by atoms with van der Waals surface area (Å²) in [6.07, 6.45) is -4.52. The molecule has 19 heavy (non-hydrogen) atoms. The number of benzene rings is 2. The fourth-order valence-corrected chi connectivity index (χ4v) is 1.87. The molecule has 0 unspecified atom stereocenters. The summed E-state index contributed by atoms with van der Waals surface area (Å²) in [5.74, 6) is -0.709. The van der Waals surface area contributed by atoms with Crippen LogP contribution in [-0.4, -0.2) is 0 Å². The molecule has 0 saturated heterocycles. The highest BCUT2D eigenvalue weighted by Gasteiger charge is 2.33. The molecule has 0 bridgehead atoms. The van der Waals surface area contributed by atoms with E-state index in [9.17, 15) is 17.6 Å². The number of alkyl halides is 3. The molecule has 2 aromatic rings. The van der Waals surface area contributed by atoms with E-state index in [0.29, 0.717) is 5.56 Å². The average molecular weight is 269 g/mol. The minimum absolute atomic E-state index is 0.0786. The Kier molecular flexibility index (Phi) is 3.57. The highest BCUT2D eigenvalue weighted by molar-refractivity contribution is 5.69. The van der Waals surface area contributed by atoms with Crippen molar-refractivity contribution in [3.05, 3.63) is 59.4 Å². The van der Waals surface area contributed by atoms with E-state index in [1.54, 1.807) is 0 Å². The summed E-state index contributed by atoms with van der Waals surface area (Å²) < 4.78 is 52.5. The Bertz CT molecular complexity index is 590. The quantitative estimate of drug-likeness (QED) is 0.820. The first-order valence-electron chi connectivity index (χ1n) is 5.58. The SMILES string of the molecule is NCc1ccc(-c2ccccc2C(F)(F)F)c(F)c1. The second-order valence-corrected chi connectivity index (χ2v) is 4.06. The summed E-state index contributed by atoms with van der Waals surface area (Å²) in [6.45, 7) is 0.137. The maximum absolute atomic E-state index is 13.9. The van der Waals surface area contributed by atoms with Crippen molar-refractivity contribution in [3.8, 4) is 11.1 Å². The van der Waals surface area contributed by atoms with Crippen LogP contribution in [-0.2, 0) is 12.7 Å². The van der Waals surface area contributed by atoms with Crippen LogP contribution in [0.3, 0.4) is 0 Å². The van der Waals surface area contributed by atoms with Gasteiger partial charge in [-0.05, 0) is 23.3 Å². The molecule has 0 aliphatic heterocycles. The topological polar surface area (TPSA) is 26.0 Å². The molecule has 0 spiro atoms. The molecule has 0 aliphatic rings.